The van der Waals surface area contributed by atoms with Gasteiger partial charge in [-0.1, -0.05) is 12.1 Å². The number of fused-ring (bicyclic) bond motifs is 1. The molecule has 0 saturated heterocycles. The first-order valence-corrected chi connectivity index (χ1v) is 8.77. The third-order valence-electron chi connectivity index (χ3n) is 4.24. The molecule has 0 radical (unpaired) electrons. The van der Waals surface area contributed by atoms with Crippen LogP contribution in [0.1, 0.15) is 21.6 Å². The zero-order valence-electron chi connectivity index (χ0n) is 15.8. The molecule has 1 aromatic heterocycles. The Morgan fingerprint density at radius 2 is 1.76 bits per heavy atom. The second-order valence-corrected chi connectivity index (χ2v) is 6.41. The largest absolute Gasteiger partial charge is 0.497 e. The molecule has 0 aliphatic carbocycles. The second kappa shape index (κ2) is 8.38. The summed E-state index contributed by atoms with van der Waals surface area (Å²) in [5.41, 5.74) is 2.49. The molecule has 0 aliphatic heterocycles. The molecular weight excluding hydrogens is 385 g/mol. The molecule has 0 atom stereocenters. The lowest BCUT2D eigenvalue weighted by Crippen LogP contribution is -2.24. The number of nitrogens with one attached hydrogen (secondary N) is 1. The molecule has 1 amide bonds. The number of ether oxygens (including phenoxy) is 2. The van der Waals surface area contributed by atoms with E-state index in [4.69, 9.17) is 4.74 Å². The van der Waals surface area contributed by atoms with Crippen molar-refractivity contribution in [3.63, 3.8) is 0 Å². The van der Waals surface area contributed by atoms with Crippen LogP contribution in [0.15, 0.2) is 48.5 Å². The van der Waals surface area contributed by atoms with E-state index in [1.807, 2.05) is 6.07 Å². The lowest BCUT2D eigenvalue weighted by molar-refractivity contribution is -0.153. The number of carbonyl (C=O) groups excluding carboxylic acids is 1. The van der Waals surface area contributed by atoms with E-state index in [1.54, 1.807) is 44.4 Å². The minimum Gasteiger partial charge on any atom is -0.497 e. The van der Waals surface area contributed by atoms with Gasteiger partial charge >= 0.3 is 6.18 Å². The van der Waals surface area contributed by atoms with E-state index in [0.29, 0.717) is 17.0 Å². The van der Waals surface area contributed by atoms with Gasteiger partial charge in [-0.15, -0.1) is 0 Å². The number of rotatable bonds is 6. The molecule has 8 heteroatoms. The molecule has 3 aromatic rings. The number of hydrogen-bond acceptors (Lipinski definition) is 4. The van der Waals surface area contributed by atoms with Gasteiger partial charge in [0, 0.05) is 18.0 Å². The third-order valence-corrected chi connectivity index (χ3v) is 4.24. The van der Waals surface area contributed by atoms with Gasteiger partial charge in [0.2, 0.25) is 0 Å². The fourth-order valence-electron chi connectivity index (χ4n) is 2.75. The summed E-state index contributed by atoms with van der Waals surface area (Å²) >= 11 is 0. The van der Waals surface area contributed by atoms with Crippen LogP contribution in [0.25, 0.3) is 10.9 Å². The Bertz CT molecular complexity index is 1020. The fraction of sp³-hybridized carbons (Fsp3) is 0.238. The van der Waals surface area contributed by atoms with Crippen LogP contribution in [0.3, 0.4) is 0 Å². The minimum absolute atomic E-state index is 0.113. The number of methoxy groups -OCH3 is 1. The lowest BCUT2D eigenvalue weighted by atomic mass is 10.1. The summed E-state index contributed by atoms with van der Waals surface area (Å²) in [5.74, 6) is 0.511. The predicted molar refractivity (Wildman–Crippen MR) is 102 cm³/mol. The summed E-state index contributed by atoms with van der Waals surface area (Å²) in [6.45, 7) is 0.627. The monoisotopic (exact) mass is 404 g/mol. The highest BCUT2D eigenvalue weighted by molar-refractivity contribution is 5.98. The van der Waals surface area contributed by atoms with Crippen molar-refractivity contribution in [3.8, 4) is 11.5 Å². The van der Waals surface area contributed by atoms with Gasteiger partial charge in [-0.3, -0.25) is 9.78 Å². The van der Waals surface area contributed by atoms with E-state index >= 15 is 0 Å². The number of amides is 1. The van der Waals surface area contributed by atoms with E-state index in [0.717, 1.165) is 16.5 Å². The Hall–Kier alpha value is -3.29. The smallest absolute Gasteiger partial charge is 0.422 e. The van der Waals surface area contributed by atoms with Gasteiger partial charge in [0.15, 0.2) is 6.61 Å². The maximum absolute atomic E-state index is 12.6. The molecular formula is C21H19F3N2O3. The molecule has 0 aliphatic rings. The van der Waals surface area contributed by atoms with Crippen LogP contribution in [0, 0.1) is 6.92 Å². The molecule has 152 valence electrons. The van der Waals surface area contributed by atoms with Crippen LogP contribution in [0.5, 0.6) is 11.5 Å². The number of carbonyl (C=O) groups is 1. The topological polar surface area (TPSA) is 60.5 Å². The van der Waals surface area contributed by atoms with Crippen LogP contribution in [0.2, 0.25) is 0 Å². The Labute approximate surface area is 165 Å². The lowest BCUT2D eigenvalue weighted by Gasteiger charge is -2.11. The maximum Gasteiger partial charge on any atom is 0.422 e. The van der Waals surface area contributed by atoms with Gasteiger partial charge in [0.1, 0.15) is 11.5 Å². The summed E-state index contributed by atoms with van der Waals surface area (Å²) in [6, 6.07) is 13.3. The van der Waals surface area contributed by atoms with E-state index in [1.165, 1.54) is 12.1 Å². The first-order chi connectivity index (χ1) is 13.7. The SMILES string of the molecule is COc1ccc2cc(C(=O)NCc3ccc(OCC(F)(F)F)cc3)c(C)nc2c1. The third kappa shape index (κ3) is 5.37. The van der Waals surface area contributed by atoms with Gasteiger partial charge in [-0.2, -0.15) is 13.2 Å². The van der Waals surface area contributed by atoms with Gasteiger partial charge in [0.25, 0.3) is 5.91 Å². The Morgan fingerprint density at radius 3 is 2.41 bits per heavy atom. The van der Waals surface area contributed by atoms with Crippen LogP contribution in [-0.2, 0) is 6.54 Å². The minimum atomic E-state index is -4.39. The van der Waals surface area contributed by atoms with Crippen molar-refractivity contribution in [2.45, 2.75) is 19.6 Å². The summed E-state index contributed by atoms with van der Waals surface area (Å²) < 4.78 is 46.4. The number of aryl methyl sites for hydroxylation is 1. The number of benzene rings is 2. The molecule has 2 aromatic carbocycles. The van der Waals surface area contributed by atoms with Gasteiger partial charge in [0.05, 0.1) is 23.9 Å². The number of hydrogen-bond donors (Lipinski definition) is 1. The summed E-state index contributed by atoms with van der Waals surface area (Å²) in [5, 5.41) is 3.61. The zero-order chi connectivity index (χ0) is 21.0. The first-order valence-electron chi connectivity index (χ1n) is 8.77. The highest BCUT2D eigenvalue weighted by Gasteiger charge is 2.28. The molecule has 0 fully saturated rings. The molecule has 1 heterocycles. The number of alkyl halides is 3. The average Bonchev–Trinajstić information content (AvgIpc) is 2.69. The summed E-state index contributed by atoms with van der Waals surface area (Å²) in [6.07, 6.45) is -4.39. The number of pyridine rings is 1. The number of aromatic nitrogens is 1. The second-order valence-electron chi connectivity index (χ2n) is 6.41. The van der Waals surface area contributed by atoms with Crippen LogP contribution in [-0.4, -0.2) is 30.8 Å². The molecule has 5 nitrogen and oxygen atoms in total. The number of halogens is 3. The van der Waals surface area contributed by atoms with Crippen LogP contribution >= 0.6 is 0 Å². The fourth-order valence-corrected chi connectivity index (χ4v) is 2.75. The Kier molecular flexibility index (Phi) is 5.91. The molecule has 0 unspecified atom stereocenters. The molecule has 3 rings (SSSR count). The average molecular weight is 404 g/mol. The molecule has 0 bridgehead atoms. The molecule has 1 N–H and O–H groups in total. The predicted octanol–water partition coefficient (Wildman–Crippen LogP) is 4.42. The van der Waals surface area contributed by atoms with Crippen molar-refractivity contribution in [1.29, 1.82) is 0 Å². The first kappa shape index (κ1) is 20.4. The molecule has 29 heavy (non-hydrogen) atoms. The highest BCUT2D eigenvalue weighted by Crippen LogP contribution is 2.22. The van der Waals surface area contributed by atoms with Gasteiger partial charge < -0.3 is 14.8 Å². The Morgan fingerprint density at radius 1 is 1.07 bits per heavy atom. The van der Waals surface area contributed by atoms with Crippen LogP contribution < -0.4 is 14.8 Å². The summed E-state index contributed by atoms with van der Waals surface area (Å²) in [7, 11) is 1.57. The van der Waals surface area contributed by atoms with Crippen molar-refractivity contribution in [2.24, 2.45) is 0 Å². The van der Waals surface area contributed by atoms with Crippen molar-refractivity contribution < 1.29 is 27.4 Å². The standard InChI is InChI=1S/C21H19F3N2O3/c1-13-18(9-15-5-8-17(28-2)10-19(15)26-13)20(27)25-11-14-3-6-16(7-4-14)29-12-21(22,23)24/h3-10H,11-12H2,1-2H3,(H,25,27). The highest BCUT2D eigenvalue weighted by atomic mass is 19.4. The maximum atomic E-state index is 12.6. The van der Waals surface area contributed by atoms with Gasteiger partial charge in [-0.25, -0.2) is 0 Å². The van der Waals surface area contributed by atoms with Crippen LogP contribution in [0.4, 0.5) is 13.2 Å². The van der Waals surface area contributed by atoms with Crippen molar-refractivity contribution in [3.05, 3.63) is 65.4 Å². The zero-order valence-corrected chi connectivity index (χ0v) is 15.8. The van der Waals surface area contributed by atoms with E-state index < -0.39 is 12.8 Å². The van der Waals surface area contributed by atoms with E-state index in [9.17, 15) is 18.0 Å². The van der Waals surface area contributed by atoms with Crippen molar-refractivity contribution >= 4 is 16.8 Å². The van der Waals surface area contributed by atoms with Crippen molar-refractivity contribution in [1.82, 2.24) is 10.3 Å². The molecule has 0 spiro atoms. The number of nitrogens with zero attached hydrogens (tertiary/aromatic N) is 1. The van der Waals surface area contributed by atoms with Gasteiger partial charge in [-0.05, 0) is 42.8 Å². The van der Waals surface area contributed by atoms with Crippen molar-refractivity contribution in [2.75, 3.05) is 13.7 Å². The Balaban J connectivity index is 1.65. The quantitative estimate of drug-likeness (QED) is 0.661. The van der Waals surface area contributed by atoms with E-state index in [-0.39, 0.29) is 18.2 Å². The van der Waals surface area contributed by atoms with E-state index in [2.05, 4.69) is 15.0 Å². The normalized spacial score (nSPS) is 11.3. The summed E-state index contributed by atoms with van der Waals surface area (Å²) in [4.78, 5) is 17.0. The molecule has 0 saturated carbocycles.